The molecule has 2 aromatic carbocycles. The Bertz CT molecular complexity index is 1520. The van der Waals surface area contributed by atoms with Crippen molar-refractivity contribution in [1.82, 2.24) is 4.57 Å². The summed E-state index contributed by atoms with van der Waals surface area (Å²) in [4.78, 5) is 33.0. The summed E-state index contributed by atoms with van der Waals surface area (Å²) >= 11 is 6.45. The first-order valence-electron chi connectivity index (χ1n) is 11.2. The molecule has 0 amide bonds. The third-order valence-electron chi connectivity index (χ3n) is 5.56. The molecule has 0 saturated carbocycles. The van der Waals surface area contributed by atoms with Crippen LogP contribution in [0.2, 0.25) is 0 Å². The number of carbonyl (C=O) groups is 1. The minimum Gasteiger partial charge on any atom is -0.488 e. The number of carbonyl (C=O) groups excluding carboxylic acids is 1. The van der Waals surface area contributed by atoms with Crippen LogP contribution in [0.3, 0.4) is 0 Å². The minimum absolute atomic E-state index is 0.213. The predicted octanol–water partition coefficient (Wildman–Crippen LogP) is 4.85. The van der Waals surface area contributed by atoms with E-state index in [1.54, 1.807) is 36.3 Å². The van der Waals surface area contributed by atoms with Gasteiger partial charge in [-0.15, -0.1) is 11.8 Å². The first-order chi connectivity index (χ1) is 17.4. The summed E-state index contributed by atoms with van der Waals surface area (Å²) in [6.07, 6.45) is 5.50. The second-order valence-electron chi connectivity index (χ2n) is 7.86. The van der Waals surface area contributed by atoms with E-state index in [0.29, 0.717) is 33.0 Å². The number of benzene rings is 2. The second-order valence-corrected chi connectivity index (χ2v) is 10.6. The molecule has 2 heterocycles. The molecule has 9 heteroatoms. The molecule has 0 bridgehead atoms. The van der Waals surface area contributed by atoms with Gasteiger partial charge >= 0.3 is 5.97 Å². The molecule has 1 atom stereocenters. The van der Waals surface area contributed by atoms with Gasteiger partial charge in [0.2, 0.25) is 0 Å². The SMILES string of the molecule is C=CCOc1ccc(/C=c2\sc3n(c2=O)[C@H](c2ccc(SC)cc2)C(C(=O)OCC)=C(C)N=3)cc1Br. The highest BCUT2D eigenvalue weighted by molar-refractivity contribution is 9.10. The average molecular weight is 586 g/mol. The first kappa shape index (κ1) is 26.2. The van der Waals surface area contributed by atoms with Crippen LogP contribution in [0, 0.1) is 0 Å². The molecule has 0 fully saturated rings. The van der Waals surface area contributed by atoms with Crippen molar-refractivity contribution in [3.8, 4) is 5.75 Å². The number of nitrogens with zero attached hydrogens (tertiary/aromatic N) is 2. The third-order valence-corrected chi connectivity index (χ3v) is 7.91. The molecule has 1 aliphatic rings. The molecule has 1 aliphatic heterocycles. The lowest BCUT2D eigenvalue weighted by molar-refractivity contribution is -0.139. The lowest BCUT2D eigenvalue weighted by atomic mass is 9.96. The van der Waals surface area contributed by atoms with Crippen molar-refractivity contribution in [2.75, 3.05) is 19.5 Å². The van der Waals surface area contributed by atoms with Crippen LogP contribution in [0.15, 0.2) is 85.5 Å². The van der Waals surface area contributed by atoms with Gasteiger partial charge in [0.1, 0.15) is 12.4 Å². The van der Waals surface area contributed by atoms with Crippen LogP contribution in [0.5, 0.6) is 5.75 Å². The van der Waals surface area contributed by atoms with E-state index >= 15 is 0 Å². The van der Waals surface area contributed by atoms with Crippen molar-refractivity contribution in [3.05, 3.63) is 102 Å². The number of aromatic nitrogens is 1. The number of hydrogen-bond acceptors (Lipinski definition) is 7. The van der Waals surface area contributed by atoms with E-state index in [-0.39, 0.29) is 12.2 Å². The van der Waals surface area contributed by atoms with Gasteiger partial charge in [0.15, 0.2) is 4.80 Å². The van der Waals surface area contributed by atoms with Crippen molar-refractivity contribution in [1.29, 1.82) is 0 Å². The van der Waals surface area contributed by atoms with Gasteiger partial charge in [0.05, 0.1) is 32.9 Å². The van der Waals surface area contributed by atoms with Gasteiger partial charge in [-0.1, -0.05) is 42.2 Å². The zero-order valence-electron chi connectivity index (χ0n) is 20.1. The molecule has 0 aliphatic carbocycles. The smallest absolute Gasteiger partial charge is 0.338 e. The average Bonchev–Trinajstić information content (AvgIpc) is 3.17. The molecule has 0 saturated heterocycles. The van der Waals surface area contributed by atoms with Crippen LogP contribution >= 0.6 is 39.0 Å². The van der Waals surface area contributed by atoms with E-state index in [0.717, 1.165) is 20.5 Å². The fraction of sp³-hybridized carbons (Fsp3) is 0.222. The number of ether oxygens (including phenoxy) is 2. The highest BCUT2D eigenvalue weighted by atomic mass is 79.9. The summed E-state index contributed by atoms with van der Waals surface area (Å²) in [6, 6.07) is 12.9. The van der Waals surface area contributed by atoms with Crippen LogP contribution in [0.1, 0.15) is 31.0 Å². The monoisotopic (exact) mass is 584 g/mol. The maximum Gasteiger partial charge on any atom is 0.338 e. The number of thiazole rings is 1. The van der Waals surface area contributed by atoms with Crippen LogP contribution in [0.25, 0.3) is 6.08 Å². The normalized spacial score (nSPS) is 15.3. The molecule has 4 rings (SSSR count). The van der Waals surface area contributed by atoms with Crippen LogP contribution in [-0.2, 0) is 9.53 Å². The maximum atomic E-state index is 13.7. The lowest BCUT2D eigenvalue weighted by Crippen LogP contribution is -2.39. The summed E-state index contributed by atoms with van der Waals surface area (Å²) in [6.45, 7) is 7.84. The van der Waals surface area contributed by atoms with E-state index in [1.807, 2.05) is 54.8 Å². The highest BCUT2D eigenvalue weighted by Crippen LogP contribution is 2.32. The number of rotatable bonds is 8. The van der Waals surface area contributed by atoms with Crippen molar-refractivity contribution < 1.29 is 14.3 Å². The maximum absolute atomic E-state index is 13.7. The Morgan fingerprint density at radius 3 is 2.67 bits per heavy atom. The molecule has 186 valence electrons. The molecule has 6 nitrogen and oxygen atoms in total. The standard InChI is InChI=1S/C27H25BrN2O4S2/c1-5-13-34-21-12-7-17(14-20(21)28)15-22-25(31)30-24(18-8-10-19(35-4)11-9-18)23(26(32)33-6-2)16(3)29-27(30)36-22/h5,7-12,14-15,24H,1,6,13H2,2-4H3/b22-15-/t24-/m1/s1. The molecular formula is C27H25BrN2O4S2. The largest absolute Gasteiger partial charge is 0.488 e. The molecule has 0 N–H and O–H groups in total. The predicted molar refractivity (Wildman–Crippen MR) is 148 cm³/mol. The summed E-state index contributed by atoms with van der Waals surface area (Å²) in [7, 11) is 0. The summed E-state index contributed by atoms with van der Waals surface area (Å²) in [5, 5.41) is 0. The van der Waals surface area contributed by atoms with E-state index in [9.17, 15) is 9.59 Å². The van der Waals surface area contributed by atoms with E-state index < -0.39 is 12.0 Å². The Labute approximate surface area is 225 Å². The van der Waals surface area contributed by atoms with Gasteiger partial charge in [0, 0.05) is 4.90 Å². The second kappa shape index (κ2) is 11.5. The van der Waals surface area contributed by atoms with Crippen molar-refractivity contribution in [3.63, 3.8) is 0 Å². The highest BCUT2D eigenvalue weighted by Gasteiger charge is 2.33. The number of halogens is 1. The van der Waals surface area contributed by atoms with Crippen molar-refractivity contribution in [2.45, 2.75) is 24.8 Å². The number of hydrogen-bond donors (Lipinski definition) is 0. The van der Waals surface area contributed by atoms with E-state index in [1.165, 1.54) is 11.3 Å². The fourth-order valence-corrected chi connectivity index (χ4v) is 5.88. The van der Waals surface area contributed by atoms with Crippen LogP contribution in [0.4, 0.5) is 0 Å². The van der Waals surface area contributed by atoms with Gasteiger partial charge in [-0.05, 0) is 77.5 Å². The van der Waals surface area contributed by atoms with Crippen molar-refractivity contribution >= 4 is 51.1 Å². The zero-order valence-corrected chi connectivity index (χ0v) is 23.3. The molecule has 36 heavy (non-hydrogen) atoms. The quantitative estimate of drug-likeness (QED) is 0.215. The van der Waals surface area contributed by atoms with Gasteiger partial charge < -0.3 is 9.47 Å². The van der Waals surface area contributed by atoms with Crippen molar-refractivity contribution in [2.24, 2.45) is 4.99 Å². The third kappa shape index (κ3) is 5.28. The molecule has 0 unspecified atom stereocenters. The van der Waals surface area contributed by atoms with Gasteiger partial charge in [-0.25, -0.2) is 9.79 Å². The Morgan fingerprint density at radius 2 is 2.03 bits per heavy atom. The summed E-state index contributed by atoms with van der Waals surface area (Å²) in [5.74, 6) is 0.225. The molecule has 0 radical (unpaired) electrons. The molecule has 1 aromatic heterocycles. The Kier molecular flexibility index (Phi) is 8.33. The molecule has 3 aromatic rings. The number of allylic oxidation sites excluding steroid dienone is 1. The first-order valence-corrected chi connectivity index (χ1v) is 14.1. The summed E-state index contributed by atoms with van der Waals surface area (Å²) < 4.78 is 13.9. The Balaban J connectivity index is 1.86. The fourth-order valence-electron chi connectivity index (χ4n) is 3.92. The van der Waals surface area contributed by atoms with Gasteiger partial charge in [-0.2, -0.15) is 0 Å². The molecular weight excluding hydrogens is 560 g/mol. The lowest BCUT2D eigenvalue weighted by Gasteiger charge is -2.24. The number of thioether (sulfide) groups is 1. The minimum atomic E-state index is -0.625. The summed E-state index contributed by atoms with van der Waals surface area (Å²) in [5.41, 5.74) is 2.37. The van der Waals surface area contributed by atoms with Crippen LogP contribution in [-0.4, -0.2) is 30.0 Å². The van der Waals surface area contributed by atoms with Crippen LogP contribution < -0.4 is 19.6 Å². The number of fused-ring (bicyclic) bond motifs is 1. The van der Waals surface area contributed by atoms with Gasteiger partial charge in [0.25, 0.3) is 5.56 Å². The van der Waals surface area contributed by atoms with E-state index in [4.69, 9.17) is 9.47 Å². The molecule has 0 spiro atoms. The number of esters is 1. The van der Waals surface area contributed by atoms with Gasteiger partial charge in [-0.3, -0.25) is 9.36 Å². The zero-order chi connectivity index (χ0) is 25.8. The topological polar surface area (TPSA) is 69.9 Å². The Hall–Kier alpha value is -2.88. The Morgan fingerprint density at radius 1 is 1.28 bits per heavy atom. The van der Waals surface area contributed by atoms with E-state index in [2.05, 4.69) is 27.5 Å².